The molecular formula is C26H28N2O9. The average molecular weight is 513 g/mol. The number of ether oxygens (including phenoxy) is 3. The number of anilines is 1. The molecule has 3 heterocycles. The summed E-state index contributed by atoms with van der Waals surface area (Å²) in [7, 11) is 0. The van der Waals surface area contributed by atoms with Gasteiger partial charge in [0.15, 0.2) is 0 Å². The standard InChI is InChI=1S/C26H28N2O9/c1-14(29)20-18-12-17(15-7-5-8-16(11-15)37-25(33)27-19-9-6-10-34-19)21(28(18)22(20)30)23(31)35-13-36-24(32)26(2,3)4/h5-11,14,18,20,29H,12-13H2,1-4H3,(H,27,33)/t14-,18-,20-/m1/s1. The quantitative estimate of drug-likeness (QED) is 0.324. The van der Waals surface area contributed by atoms with Gasteiger partial charge >= 0.3 is 18.0 Å². The average Bonchev–Trinajstić information content (AvgIpc) is 3.44. The summed E-state index contributed by atoms with van der Waals surface area (Å²) in [4.78, 5) is 51.4. The molecule has 2 aliphatic rings. The Labute approximate surface area is 213 Å². The van der Waals surface area contributed by atoms with Crippen molar-refractivity contribution in [1.29, 1.82) is 0 Å². The molecule has 2 amide bonds. The monoisotopic (exact) mass is 512 g/mol. The smallest absolute Gasteiger partial charge is 0.419 e. The van der Waals surface area contributed by atoms with Gasteiger partial charge in [-0.3, -0.25) is 14.9 Å². The molecule has 0 spiro atoms. The Morgan fingerprint density at radius 2 is 1.95 bits per heavy atom. The second kappa shape index (κ2) is 10.1. The van der Waals surface area contributed by atoms with Crippen LogP contribution in [0.4, 0.5) is 10.7 Å². The molecule has 1 saturated heterocycles. The van der Waals surface area contributed by atoms with E-state index in [9.17, 15) is 24.3 Å². The predicted octanol–water partition coefficient (Wildman–Crippen LogP) is 3.30. The van der Waals surface area contributed by atoms with Crippen LogP contribution in [-0.2, 0) is 23.9 Å². The highest BCUT2D eigenvalue weighted by atomic mass is 16.7. The first-order valence-electron chi connectivity index (χ1n) is 11.7. The number of fused-ring (bicyclic) bond motifs is 1. The molecule has 0 aliphatic carbocycles. The minimum atomic E-state index is -0.905. The first-order valence-corrected chi connectivity index (χ1v) is 11.7. The third-order valence-corrected chi connectivity index (χ3v) is 6.05. The Hall–Kier alpha value is -4.12. The van der Waals surface area contributed by atoms with Gasteiger partial charge in [-0.1, -0.05) is 12.1 Å². The van der Waals surface area contributed by atoms with Crippen molar-refractivity contribution >= 4 is 35.4 Å². The summed E-state index contributed by atoms with van der Waals surface area (Å²) in [6.07, 6.45) is -0.00637. The predicted molar refractivity (Wildman–Crippen MR) is 129 cm³/mol. The van der Waals surface area contributed by atoms with Crippen molar-refractivity contribution in [2.24, 2.45) is 11.3 Å². The number of amides is 2. The molecule has 11 heteroatoms. The lowest BCUT2D eigenvalue weighted by atomic mass is 9.82. The van der Waals surface area contributed by atoms with E-state index in [-0.39, 0.29) is 23.8 Å². The highest BCUT2D eigenvalue weighted by Crippen LogP contribution is 2.47. The van der Waals surface area contributed by atoms with Gasteiger partial charge in [-0.05, 0) is 63.5 Å². The fraction of sp³-hybridized carbons (Fsp3) is 0.385. The maximum Gasteiger partial charge on any atom is 0.419 e. The normalized spacial score (nSPS) is 19.6. The lowest BCUT2D eigenvalue weighted by molar-refractivity contribution is -0.175. The minimum absolute atomic E-state index is 0.00380. The van der Waals surface area contributed by atoms with Crippen molar-refractivity contribution < 1.29 is 42.9 Å². The molecule has 3 atom stereocenters. The second-order valence-corrected chi connectivity index (χ2v) is 9.82. The van der Waals surface area contributed by atoms with E-state index < -0.39 is 54.2 Å². The Balaban J connectivity index is 1.56. The number of nitrogens with zero attached hydrogens (tertiary/aromatic N) is 1. The van der Waals surface area contributed by atoms with Gasteiger partial charge in [0, 0.05) is 6.07 Å². The molecule has 0 bridgehead atoms. The molecule has 2 N–H and O–H groups in total. The summed E-state index contributed by atoms with van der Waals surface area (Å²) >= 11 is 0. The number of hydrogen-bond donors (Lipinski definition) is 2. The third kappa shape index (κ3) is 5.36. The van der Waals surface area contributed by atoms with Crippen molar-refractivity contribution in [3.63, 3.8) is 0 Å². The van der Waals surface area contributed by atoms with E-state index in [1.165, 1.54) is 18.1 Å². The molecule has 0 saturated carbocycles. The Morgan fingerprint density at radius 1 is 1.19 bits per heavy atom. The van der Waals surface area contributed by atoms with Gasteiger partial charge in [0.1, 0.15) is 11.4 Å². The molecule has 11 nitrogen and oxygen atoms in total. The number of carbonyl (C=O) groups excluding carboxylic acids is 4. The van der Waals surface area contributed by atoms with E-state index in [1.54, 1.807) is 57.2 Å². The number of esters is 2. The molecule has 0 radical (unpaired) electrons. The number of benzene rings is 1. The van der Waals surface area contributed by atoms with Crippen LogP contribution in [0, 0.1) is 11.3 Å². The van der Waals surface area contributed by atoms with Gasteiger partial charge in [-0.25, -0.2) is 9.59 Å². The minimum Gasteiger partial charge on any atom is -0.448 e. The molecular weight excluding hydrogens is 484 g/mol. The first kappa shape index (κ1) is 26.0. The Morgan fingerprint density at radius 3 is 2.59 bits per heavy atom. The summed E-state index contributed by atoms with van der Waals surface area (Å²) in [5, 5.41) is 12.5. The number of rotatable bonds is 7. The largest absolute Gasteiger partial charge is 0.448 e. The van der Waals surface area contributed by atoms with Crippen LogP contribution < -0.4 is 10.1 Å². The van der Waals surface area contributed by atoms with Crippen LogP contribution in [0.1, 0.15) is 39.7 Å². The Bertz CT molecular complexity index is 1240. The number of hydrogen-bond acceptors (Lipinski definition) is 9. The zero-order chi connectivity index (χ0) is 26.9. The van der Waals surface area contributed by atoms with Gasteiger partial charge in [0.25, 0.3) is 0 Å². The number of furan rings is 1. The topological polar surface area (TPSA) is 145 Å². The number of aliphatic hydroxyl groups is 1. The van der Waals surface area contributed by atoms with E-state index in [0.717, 1.165) is 0 Å². The SMILES string of the molecule is C[C@@H](O)[C@H]1C(=O)N2C(C(=O)OCOC(=O)C(C)(C)C)=C(c3cccc(OC(=O)Nc4ccco4)c3)C[C@H]12. The summed E-state index contributed by atoms with van der Waals surface area (Å²) in [6, 6.07) is 9.18. The van der Waals surface area contributed by atoms with Crippen molar-refractivity contribution in [1.82, 2.24) is 4.90 Å². The van der Waals surface area contributed by atoms with Crippen LogP contribution >= 0.6 is 0 Å². The van der Waals surface area contributed by atoms with Crippen molar-refractivity contribution in [3.05, 3.63) is 53.9 Å². The molecule has 2 aromatic rings. The second-order valence-electron chi connectivity index (χ2n) is 9.82. The van der Waals surface area contributed by atoms with Crippen LogP contribution in [0.15, 0.2) is 52.8 Å². The van der Waals surface area contributed by atoms with Gasteiger partial charge in [-0.2, -0.15) is 0 Å². The summed E-state index contributed by atoms with van der Waals surface area (Å²) in [5.41, 5.74) is 0.214. The fourth-order valence-corrected chi connectivity index (χ4v) is 4.27. The van der Waals surface area contributed by atoms with Crippen LogP contribution in [0.2, 0.25) is 0 Å². The number of nitrogens with one attached hydrogen (secondary N) is 1. The van der Waals surface area contributed by atoms with E-state index in [1.807, 2.05) is 0 Å². The van der Waals surface area contributed by atoms with Gasteiger partial charge in [-0.15, -0.1) is 0 Å². The van der Waals surface area contributed by atoms with Crippen molar-refractivity contribution in [2.75, 3.05) is 12.1 Å². The van der Waals surface area contributed by atoms with E-state index in [2.05, 4.69) is 5.32 Å². The third-order valence-electron chi connectivity index (χ3n) is 6.05. The summed E-state index contributed by atoms with van der Waals surface area (Å²) < 4.78 is 20.6. The Kier molecular flexibility index (Phi) is 7.08. The van der Waals surface area contributed by atoms with E-state index >= 15 is 0 Å². The molecule has 196 valence electrons. The number of aliphatic hydroxyl groups excluding tert-OH is 1. The maximum absolute atomic E-state index is 13.1. The van der Waals surface area contributed by atoms with Gasteiger partial charge in [0.2, 0.25) is 18.6 Å². The lowest BCUT2D eigenvalue weighted by Crippen LogP contribution is -2.61. The van der Waals surface area contributed by atoms with E-state index in [0.29, 0.717) is 11.1 Å². The molecule has 1 fully saturated rings. The highest BCUT2D eigenvalue weighted by molar-refractivity contribution is 6.07. The summed E-state index contributed by atoms with van der Waals surface area (Å²) in [5.74, 6) is -2.07. The van der Waals surface area contributed by atoms with Crippen molar-refractivity contribution in [3.8, 4) is 5.75 Å². The van der Waals surface area contributed by atoms with Crippen LogP contribution in [0.5, 0.6) is 5.75 Å². The van der Waals surface area contributed by atoms with Gasteiger partial charge in [0.05, 0.1) is 29.7 Å². The first-order chi connectivity index (χ1) is 17.5. The van der Waals surface area contributed by atoms with Crippen LogP contribution in [-0.4, -0.2) is 52.9 Å². The zero-order valence-corrected chi connectivity index (χ0v) is 20.8. The fourth-order valence-electron chi connectivity index (χ4n) is 4.27. The zero-order valence-electron chi connectivity index (χ0n) is 20.8. The van der Waals surface area contributed by atoms with Crippen LogP contribution in [0.3, 0.4) is 0 Å². The molecule has 37 heavy (non-hydrogen) atoms. The molecule has 2 aliphatic heterocycles. The molecule has 4 rings (SSSR count). The number of carbonyl (C=O) groups is 4. The summed E-state index contributed by atoms with van der Waals surface area (Å²) in [6.45, 7) is 5.90. The molecule has 1 aromatic heterocycles. The van der Waals surface area contributed by atoms with E-state index in [4.69, 9.17) is 18.6 Å². The van der Waals surface area contributed by atoms with Crippen LogP contribution in [0.25, 0.3) is 5.57 Å². The van der Waals surface area contributed by atoms with Gasteiger partial charge < -0.3 is 28.6 Å². The molecule has 0 unspecified atom stereocenters. The highest BCUT2D eigenvalue weighted by Gasteiger charge is 2.57. The van der Waals surface area contributed by atoms with Crippen molar-refractivity contribution in [2.45, 2.75) is 46.3 Å². The number of β-lactam (4-membered cyclic amide) rings is 1. The molecule has 1 aromatic carbocycles. The maximum atomic E-state index is 13.1. The lowest BCUT2D eigenvalue weighted by Gasteiger charge is -2.44.